The Balaban J connectivity index is 1.34. The zero-order chi connectivity index (χ0) is 17.1. The van der Waals surface area contributed by atoms with E-state index in [1.54, 1.807) is 0 Å². The van der Waals surface area contributed by atoms with Crippen LogP contribution in [0.25, 0.3) is 10.9 Å². The molecule has 3 heterocycles. The van der Waals surface area contributed by atoms with Crippen LogP contribution in [0.2, 0.25) is 0 Å². The van der Waals surface area contributed by atoms with Crippen LogP contribution < -0.4 is 0 Å². The van der Waals surface area contributed by atoms with Crippen molar-refractivity contribution >= 4 is 22.7 Å². The van der Waals surface area contributed by atoms with Gasteiger partial charge in [0.25, 0.3) is 5.91 Å². The predicted molar refractivity (Wildman–Crippen MR) is 95.1 cm³/mol. The minimum atomic E-state index is 0.0115. The van der Waals surface area contributed by atoms with E-state index in [0.717, 1.165) is 29.9 Å². The largest absolute Gasteiger partial charge is 0.342 e. The van der Waals surface area contributed by atoms with Crippen LogP contribution in [-0.4, -0.2) is 52.4 Å². The van der Waals surface area contributed by atoms with Gasteiger partial charge in [-0.15, -0.1) is 0 Å². The number of hydrogen-bond acceptors (Lipinski definition) is 2. The lowest BCUT2D eigenvalue weighted by atomic mass is 10.0. The number of rotatable bonds is 3. The van der Waals surface area contributed by atoms with E-state index in [4.69, 9.17) is 0 Å². The molecule has 2 atom stereocenters. The first kappa shape index (κ1) is 15.0. The number of likely N-dealkylation sites (tertiary alicyclic amines) is 2. The van der Waals surface area contributed by atoms with Crippen LogP contribution in [0.4, 0.5) is 0 Å². The number of carbonyl (C=O) groups excluding carboxylic acids is 2. The molecular formula is C20H23N3O2. The predicted octanol–water partition coefficient (Wildman–Crippen LogP) is 2.12. The van der Waals surface area contributed by atoms with Gasteiger partial charge in [0.05, 0.1) is 5.92 Å². The monoisotopic (exact) mass is 337 g/mol. The molecule has 2 saturated heterocycles. The summed E-state index contributed by atoms with van der Waals surface area (Å²) >= 11 is 0. The van der Waals surface area contributed by atoms with Gasteiger partial charge in [-0.1, -0.05) is 18.2 Å². The van der Waals surface area contributed by atoms with Crippen molar-refractivity contribution in [3.63, 3.8) is 0 Å². The lowest BCUT2D eigenvalue weighted by Crippen LogP contribution is -2.37. The van der Waals surface area contributed by atoms with Gasteiger partial charge < -0.3 is 14.4 Å². The topological polar surface area (TPSA) is 45.6 Å². The van der Waals surface area contributed by atoms with Crippen LogP contribution in [0, 0.1) is 17.8 Å². The Morgan fingerprint density at radius 2 is 1.96 bits per heavy atom. The first-order valence-electron chi connectivity index (χ1n) is 9.24. The summed E-state index contributed by atoms with van der Waals surface area (Å²) in [6.45, 7) is 3.05. The van der Waals surface area contributed by atoms with Crippen molar-refractivity contribution in [1.82, 2.24) is 14.4 Å². The number of benzene rings is 1. The first-order valence-corrected chi connectivity index (χ1v) is 9.24. The fourth-order valence-electron chi connectivity index (χ4n) is 4.54. The maximum Gasteiger partial charge on any atom is 0.270 e. The van der Waals surface area contributed by atoms with Crippen LogP contribution in [0.3, 0.4) is 0 Å². The molecule has 1 aromatic heterocycles. The van der Waals surface area contributed by atoms with Gasteiger partial charge in [-0.3, -0.25) is 9.59 Å². The summed E-state index contributed by atoms with van der Waals surface area (Å²) in [5.74, 6) is 1.37. The number of aryl methyl sites for hydroxylation is 1. The summed E-state index contributed by atoms with van der Waals surface area (Å²) in [7, 11) is 1.94. The zero-order valence-electron chi connectivity index (χ0n) is 14.5. The molecule has 5 nitrogen and oxygen atoms in total. The van der Waals surface area contributed by atoms with E-state index in [2.05, 4.69) is 0 Å². The third kappa shape index (κ3) is 2.36. The third-order valence-electron chi connectivity index (χ3n) is 6.16. The van der Waals surface area contributed by atoms with Crippen molar-refractivity contribution in [3.8, 4) is 0 Å². The number of hydrogen-bond donors (Lipinski definition) is 0. The maximum atomic E-state index is 13.0. The highest BCUT2D eigenvalue weighted by Gasteiger charge is 2.48. The minimum Gasteiger partial charge on any atom is -0.342 e. The SMILES string of the molecule is Cn1c(C(=O)N2C[C@H]3CN(CC4CC4)C(=O)[C@H]3C2)cc2ccccc21. The molecule has 0 N–H and O–H groups in total. The Kier molecular flexibility index (Phi) is 3.21. The van der Waals surface area contributed by atoms with Gasteiger partial charge >= 0.3 is 0 Å². The van der Waals surface area contributed by atoms with E-state index >= 15 is 0 Å². The molecule has 2 aromatic rings. The zero-order valence-corrected chi connectivity index (χ0v) is 14.5. The number of aromatic nitrogens is 1. The molecule has 5 rings (SSSR count). The Morgan fingerprint density at radius 3 is 2.68 bits per heavy atom. The van der Waals surface area contributed by atoms with Gasteiger partial charge in [0.15, 0.2) is 0 Å². The van der Waals surface area contributed by atoms with Gasteiger partial charge in [0.1, 0.15) is 5.69 Å². The third-order valence-corrected chi connectivity index (χ3v) is 6.16. The van der Waals surface area contributed by atoms with Crippen molar-refractivity contribution < 1.29 is 9.59 Å². The number of nitrogens with zero attached hydrogens (tertiary/aromatic N) is 3. The normalized spacial score (nSPS) is 25.9. The van der Waals surface area contributed by atoms with Crippen LogP contribution in [0.15, 0.2) is 30.3 Å². The minimum absolute atomic E-state index is 0.0115. The van der Waals surface area contributed by atoms with E-state index in [1.807, 2.05) is 51.7 Å². The summed E-state index contributed by atoms with van der Waals surface area (Å²) in [5.41, 5.74) is 1.78. The summed E-state index contributed by atoms with van der Waals surface area (Å²) < 4.78 is 1.97. The summed E-state index contributed by atoms with van der Waals surface area (Å²) in [6.07, 6.45) is 2.54. The smallest absolute Gasteiger partial charge is 0.270 e. The molecule has 2 aliphatic heterocycles. The Labute approximate surface area is 147 Å². The van der Waals surface area contributed by atoms with Gasteiger partial charge in [-0.25, -0.2) is 0 Å². The first-order chi connectivity index (χ1) is 12.1. The van der Waals surface area contributed by atoms with Crippen LogP contribution in [0.1, 0.15) is 23.3 Å². The highest BCUT2D eigenvalue weighted by molar-refractivity contribution is 5.99. The van der Waals surface area contributed by atoms with Crippen molar-refractivity contribution in [2.24, 2.45) is 24.8 Å². The fourth-order valence-corrected chi connectivity index (χ4v) is 4.54. The molecule has 130 valence electrons. The molecule has 1 aromatic carbocycles. The quantitative estimate of drug-likeness (QED) is 0.861. The molecule has 0 radical (unpaired) electrons. The molecule has 1 aliphatic carbocycles. The molecule has 25 heavy (non-hydrogen) atoms. The average Bonchev–Trinajstić information content (AvgIpc) is 3.13. The molecule has 3 aliphatic rings. The second kappa shape index (κ2) is 5.35. The lowest BCUT2D eigenvalue weighted by Gasteiger charge is -2.22. The van der Waals surface area contributed by atoms with Crippen molar-refractivity contribution in [3.05, 3.63) is 36.0 Å². The van der Waals surface area contributed by atoms with E-state index in [9.17, 15) is 9.59 Å². The lowest BCUT2D eigenvalue weighted by molar-refractivity contribution is -0.131. The van der Waals surface area contributed by atoms with Crippen LogP contribution >= 0.6 is 0 Å². The Hall–Kier alpha value is -2.30. The van der Waals surface area contributed by atoms with E-state index in [0.29, 0.717) is 24.7 Å². The van der Waals surface area contributed by atoms with Crippen molar-refractivity contribution in [2.45, 2.75) is 12.8 Å². The van der Waals surface area contributed by atoms with Crippen molar-refractivity contribution in [2.75, 3.05) is 26.2 Å². The molecule has 0 bridgehead atoms. The average molecular weight is 337 g/mol. The number of para-hydroxylation sites is 1. The molecule has 0 unspecified atom stereocenters. The van der Waals surface area contributed by atoms with Gasteiger partial charge in [-0.05, 0) is 30.9 Å². The number of carbonyl (C=O) groups is 2. The van der Waals surface area contributed by atoms with Gasteiger partial charge in [0, 0.05) is 50.0 Å². The van der Waals surface area contributed by atoms with Crippen LogP contribution in [-0.2, 0) is 11.8 Å². The molecule has 3 fully saturated rings. The van der Waals surface area contributed by atoms with Gasteiger partial charge in [-0.2, -0.15) is 0 Å². The molecule has 2 amide bonds. The summed E-state index contributed by atoms with van der Waals surface area (Å²) in [6, 6.07) is 10.0. The second-order valence-corrected chi connectivity index (χ2v) is 7.91. The van der Waals surface area contributed by atoms with E-state index in [1.165, 1.54) is 12.8 Å². The van der Waals surface area contributed by atoms with E-state index < -0.39 is 0 Å². The van der Waals surface area contributed by atoms with Gasteiger partial charge in [0.2, 0.25) is 5.91 Å². The summed E-state index contributed by atoms with van der Waals surface area (Å²) in [5, 5.41) is 1.08. The standard InChI is InChI=1S/C20H23N3O2/c1-21-17-5-3-2-4-14(17)8-18(21)20(25)23-11-15-10-22(9-13-6-7-13)19(24)16(15)12-23/h2-5,8,13,15-16H,6-7,9-12H2,1H3/t15-,16+/m1/s1. The maximum absolute atomic E-state index is 13.0. The number of amides is 2. The highest BCUT2D eigenvalue weighted by atomic mass is 16.2. The van der Waals surface area contributed by atoms with E-state index in [-0.39, 0.29) is 17.7 Å². The molecular weight excluding hydrogens is 314 g/mol. The van der Waals surface area contributed by atoms with Crippen LogP contribution in [0.5, 0.6) is 0 Å². The Morgan fingerprint density at radius 1 is 1.16 bits per heavy atom. The fraction of sp³-hybridized carbons (Fsp3) is 0.500. The molecule has 1 saturated carbocycles. The number of fused-ring (bicyclic) bond motifs is 2. The van der Waals surface area contributed by atoms with Crippen molar-refractivity contribution in [1.29, 1.82) is 0 Å². The summed E-state index contributed by atoms with van der Waals surface area (Å²) in [4.78, 5) is 29.6. The Bertz CT molecular complexity index is 867. The second-order valence-electron chi connectivity index (χ2n) is 7.91. The molecule has 0 spiro atoms. The highest BCUT2D eigenvalue weighted by Crippen LogP contribution is 2.37. The molecule has 5 heteroatoms.